The monoisotopic (exact) mass is 364 g/mol. The fourth-order valence-corrected chi connectivity index (χ4v) is 2.45. The lowest BCUT2D eigenvalue weighted by Crippen LogP contribution is -2.38. The highest BCUT2D eigenvalue weighted by Crippen LogP contribution is 2.33. The van der Waals surface area contributed by atoms with Crippen LogP contribution in [0.5, 0.6) is 0 Å². The lowest BCUT2D eigenvalue weighted by molar-refractivity contribution is -0.138. The SMILES string of the molecule is O=C1CCC(CNC(=O)c2ccc(Br)cc2C(F)(F)F)N1. The lowest BCUT2D eigenvalue weighted by Gasteiger charge is -2.15. The number of hydrogen-bond donors (Lipinski definition) is 2. The van der Waals surface area contributed by atoms with E-state index in [2.05, 4.69) is 26.6 Å². The molecule has 0 aromatic heterocycles. The topological polar surface area (TPSA) is 58.2 Å². The summed E-state index contributed by atoms with van der Waals surface area (Å²) in [5, 5.41) is 5.06. The van der Waals surface area contributed by atoms with Gasteiger partial charge in [0.2, 0.25) is 5.91 Å². The maximum Gasteiger partial charge on any atom is 0.417 e. The van der Waals surface area contributed by atoms with Gasteiger partial charge < -0.3 is 10.6 Å². The number of alkyl halides is 3. The molecule has 0 saturated carbocycles. The Morgan fingerprint density at radius 3 is 2.71 bits per heavy atom. The summed E-state index contributed by atoms with van der Waals surface area (Å²) < 4.78 is 39.0. The smallest absolute Gasteiger partial charge is 0.352 e. The van der Waals surface area contributed by atoms with Gasteiger partial charge in [0.1, 0.15) is 0 Å². The maximum atomic E-state index is 12.9. The third kappa shape index (κ3) is 3.96. The van der Waals surface area contributed by atoms with Crippen LogP contribution >= 0.6 is 15.9 Å². The van der Waals surface area contributed by atoms with Crippen molar-refractivity contribution >= 4 is 27.7 Å². The molecule has 1 heterocycles. The Balaban J connectivity index is 2.10. The second-order valence-electron chi connectivity index (χ2n) is 4.70. The average Bonchev–Trinajstić information content (AvgIpc) is 2.81. The highest BCUT2D eigenvalue weighted by molar-refractivity contribution is 9.10. The molecule has 21 heavy (non-hydrogen) atoms. The van der Waals surface area contributed by atoms with Gasteiger partial charge in [0, 0.05) is 23.5 Å². The minimum Gasteiger partial charge on any atom is -0.352 e. The summed E-state index contributed by atoms with van der Waals surface area (Å²) in [6.07, 6.45) is -3.68. The molecule has 0 spiro atoms. The van der Waals surface area contributed by atoms with Crippen LogP contribution in [-0.4, -0.2) is 24.4 Å². The Bertz CT molecular complexity index is 575. The highest BCUT2D eigenvalue weighted by Gasteiger charge is 2.35. The summed E-state index contributed by atoms with van der Waals surface area (Å²) in [7, 11) is 0. The number of amides is 2. The zero-order valence-corrected chi connectivity index (χ0v) is 12.3. The first-order valence-electron chi connectivity index (χ1n) is 6.21. The van der Waals surface area contributed by atoms with Crippen LogP contribution in [0.1, 0.15) is 28.8 Å². The summed E-state index contributed by atoms with van der Waals surface area (Å²) in [4.78, 5) is 22.9. The Kier molecular flexibility index (Phi) is 4.55. The van der Waals surface area contributed by atoms with Crippen molar-refractivity contribution in [3.63, 3.8) is 0 Å². The van der Waals surface area contributed by atoms with Crippen molar-refractivity contribution in [1.29, 1.82) is 0 Å². The molecule has 1 unspecified atom stereocenters. The molecule has 0 radical (unpaired) electrons. The van der Waals surface area contributed by atoms with Crippen LogP contribution in [0.3, 0.4) is 0 Å². The van der Waals surface area contributed by atoms with Crippen LogP contribution in [0, 0.1) is 0 Å². The normalized spacial score (nSPS) is 18.5. The van der Waals surface area contributed by atoms with E-state index in [1.165, 1.54) is 6.07 Å². The second-order valence-corrected chi connectivity index (χ2v) is 5.62. The molecule has 2 amide bonds. The first-order valence-corrected chi connectivity index (χ1v) is 7.01. The number of hydrogen-bond acceptors (Lipinski definition) is 2. The number of halogens is 4. The van der Waals surface area contributed by atoms with Gasteiger partial charge in [-0.3, -0.25) is 9.59 Å². The van der Waals surface area contributed by atoms with E-state index in [1.807, 2.05) is 0 Å². The molecule has 1 atom stereocenters. The number of benzene rings is 1. The highest BCUT2D eigenvalue weighted by atomic mass is 79.9. The van der Waals surface area contributed by atoms with Gasteiger partial charge in [0.05, 0.1) is 11.1 Å². The van der Waals surface area contributed by atoms with E-state index in [0.717, 1.165) is 12.1 Å². The van der Waals surface area contributed by atoms with Crippen LogP contribution < -0.4 is 10.6 Å². The number of carbonyl (C=O) groups excluding carboxylic acids is 2. The molecular weight excluding hydrogens is 353 g/mol. The Hall–Kier alpha value is -1.57. The summed E-state index contributed by atoms with van der Waals surface area (Å²) >= 11 is 2.96. The largest absolute Gasteiger partial charge is 0.417 e. The molecular formula is C13H12BrF3N2O2. The zero-order chi connectivity index (χ0) is 15.6. The molecule has 1 aromatic rings. The molecule has 0 bridgehead atoms. The summed E-state index contributed by atoms with van der Waals surface area (Å²) in [6, 6.07) is 3.13. The summed E-state index contributed by atoms with van der Waals surface area (Å²) in [5.41, 5.74) is -1.43. The van der Waals surface area contributed by atoms with Crippen molar-refractivity contribution in [1.82, 2.24) is 10.6 Å². The molecule has 0 aliphatic carbocycles. The van der Waals surface area contributed by atoms with Crippen molar-refractivity contribution in [3.05, 3.63) is 33.8 Å². The van der Waals surface area contributed by atoms with Gasteiger partial charge in [-0.1, -0.05) is 15.9 Å². The van der Waals surface area contributed by atoms with Gasteiger partial charge in [-0.25, -0.2) is 0 Å². The number of carbonyl (C=O) groups is 2. The molecule has 2 rings (SSSR count). The zero-order valence-electron chi connectivity index (χ0n) is 10.8. The molecule has 1 aliphatic heterocycles. The second kappa shape index (κ2) is 6.05. The van der Waals surface area contributed by atoms with Crippen LogP contribution in [0.15, 0.2) is 22.7 Å². The van der Waals surface area contributed by atoms with Crippen LogP contribution in [-0.2, 0) is 11.0 Å². The van der Waals surface area contributed by atoms with Gasteiger partial charge in [-0.05, 0) is 24.6 Å². The standard InChI is InChI=1S/C13H12BrF3N2O2/c14-7-1-3-9(10(5-7)13(15,16)17)12(21)18-6-8-2-4-11(20)19-8/h1,3,5,8H,2,4,6H2,(H,18,21)(H,19,20). The average molecular weight is 365 g/mol. The van der Waals surface area contributed by atoms with Gasteiger partial charge in [0.15, 0.2) is 0 Å². The molecule has 114 valence electrons. The Labute approximate surface area is 127 Å². The lowest BCUT2D eigenvalue weighted by atomic mass is 10.1. The Morgan fingerprint density at radius 2 is 2.14 bits per heavy atom. The first-order chi connectivity index (χ1) is 9.77. The van der Waals surface area contributed by atoms with Crippen molar-refractivity contribution < 1.29 is 22.8 Å². The minimum absolute atomic E-state index is 0.109. The van der Waals surface area contributed by atoms with Crippen molar-refractivity contribution in [3.8, 4) is 0 Å². The third-order valence-corrected chi connectivity index (χ3v) is 3.62. The molecule has 8 heteroatoms. The fourth-order valence-electron chi connectivity index (χ4n) is 2.09. The predicted molar refractivity (Wildman–Crippen MR) is 72.6 cm³/mol. The van der Waals surface area contributed by atoms with Crippen LogP contribution in [0.4, 0.5) is 13.2 Å². The third-order valence-electron chi connectivity index (χ3n) is 3.13. The van der Waals surface area contributed by atoms with E-state index in [1.54, 1.807) is 0 Å². The van der Waals surface area contributed by atoms with E-state index in [-0.39, 0.29) is 23.0 Å². The van der Waals surface area contributed by atoms with E-state index in [9.17, 15) is 22.8 Å². The fraction of sp³-hybridized carbons (Fsp3) is 0.385. The summed E-state index contributed by atoms with van der Waals surface area (Å²) in [5.74, 6) is -0.926. The van der Waals surface area contributed by atoms with E-state index < -0.39 is 23.2 Å². The Morgan fingerprint density at radius 1 is 1.43 bits per heavy atom. The quantitative estimate of drug-likeness (QED) is 0.865. The first kappa shape index (κ1) is 15.8. The van der Waals surface area contributed by atoms with Crippen molar-refractivity contribution in [2.24, 2.45) is 0 Å². The van der Waals surface area contributed by atoms with E-state index >= 15 is 0 Å². The molecule has 1 aromatic carbocycles. The molecule has 1 saturated heterocycles. The number of rotatable bonds is 3. The van der Waals surface area contributed by atoms with Crippen molar-refractivity contribution in [2.45, 2.75) is 25.1 Å². The van der Waals surface area contributed by atoms with Gasteiger partial charge in [-0.2, -0.15) is 13.2 Å². The molecule has 4 nitrogen and oxygen atoms in total. The molecule has 2 N–H and O–H groups in total. The van der Waals surface area contributed by atoms with Crippen molar-refractivity contribution in [2.75, 3.05) is 6.54 Å². The van der Waals surface area contributed by atoms with Crippen LogP contribution in [0.2, 0.25) is 0 Å². The summed E-state index contributed by atoms with van der Waals surface area (Å²) in [6.45, 7) is 0.109. The molecule has 1 fully saturated rings. The molecule has 1 aliphatic rings. The van der Waals surface area contributed by atoms with Gasteiger partial charge in [-0.15, -0.1) is 0 Å². The van der Waals surface area contributed by atoms with Gasteiger partial charge in [0.25, 0.3) is 5.91 Å². The van der Waals surface area contributed by atoms with E-state index in [0.29, 0.717) is 12.8 Å². The van der Waals surface area contributed by atoms with Gasteiger partial charge >= 0.3 is 6.18 Å². The maximum absolute atomic E-state index is 12.9. The van der Waals surface area contributed by atoms with Crippen LogP contribution in [0.25, 0.3) is 0 Å². The van der Waals surface area contributed by atoms with E-state index in [4.69, 9.17) is 0 Å². The number of nitrogens with one attached hydrogen (secondary N) is 2. The minimum atomic E-state index is -4.61. The predicted octanol–water partition coefficient (Wildman–Crippen LogP) is 2.48.